The van der Waals surface area contributed by atoms with Crippen LogP contribution in [0.5, 0.6) is 0 Å². The maximum absolute atomic E-state index is 12.8. The number of halogens is 7. The molecular formula is C33H50F6IO3V-. The van der Waals surface area contributed by atoms with Crippen LogP contribution in [0.1, 0.15) is 99.3 Å². The van der Waals surface area contributed by atoms with Crippen molar-refractivity contribution in [2.24, 2.45) is 76.9 Å². The molecule has 11 heteroatoms. The molecule has 6 bridgehead atoms. The quantitative estimate of drug-likeness (QED) is 0.217. The summed E-state index contributed by atoms with van der Waals surface area (Å²) in [4.78, 5) is 12.8. The summed E-state index contributed by atoms with van der Waals surface area (Å²) >= 11 is 0. The van der Waals surface area contributed by atoms with Crippen LogP contribution in [0.25, 0.3) is 0 Å². The second-order valence-electron chi connectivity index (χ2n) is 16.0. The fraction of sp³-hybridized carbons (Fsp3) is 0.970. The van der Waals surface area contributed by atoms with Gasteiger partial charge in [0.1, 0.15) is 5.60 Å². The fourth-order valence-corrected chi connectivity index (χ4v) is 10.8. The first-order valence-corrected chi connectivity index (χ1v) is 16.3. The Hall–Kier alpha value is 0.324. The molecule has 6 rings (SSSR count). The Kier molecular flexibility index (Phi) is 11.7. The van der Waals surface area contributed by atoms with Gasteiger partial charge in [0, 0.05) is 24.5 Å². The van der Waals surface area contributed by atoms with Crippen molar-refractivity contribution in [1.29, 1.82) is 0 Å². The van der Waals surface area contributed by atoms with Gasteiger partial charge in [-0.05, 0) is 130 Å². The van der Waals surface area contributed by atoms with E-state index in [-0.39, 0.29) is 77.8 Å². The van der Waals surface area contributed by atoms with Crippen LogP contribution in [-0.4, -0.2) is 34.6 Å². The molecule has 44 heavy (non-hydrogen) atoms. The number of hydrogen-bond donors (Lipinski definition) is 1. The van der Waals surface area contributed by atoms with Gasteiger partial charge in [-0.1, -0.05) is 34.1 Å². The standard InChI is InChI=1S/C20H32O2.C13H18F6O.HI.V/c1-11-12(2)16-9-15(11)10-17(16)19(21)22-20(3,4)18-8-13-5-6-14(18)7-13;1-6-7(2)10-4-8(6)3-9(10)5-11(20,12(14,15)16)13(17,18)19;;/h11-18H,5-10H2,1-4H3;6-10,20H,3-5H2,1-2H3;1H;/p-1. The van der Waals surface area contributed by atoms with Crippen molar-refractivity contribution in [1.82, 2.24) is 0 Å². The van der Waals surface area contributed by atoms with E-state index in [9.17, 15) is 36.2 Å². The molecule has 6 fully saturated rings. The van der Waals surface area contributed by atoms with Crippen molar-refractivity contribution in [3.05, 3.63) is 0 Å². The van der Waals surface area contributed by atoms with Crippen LogP contribution in [0.2, 0.25) is 0 Å². The van der Waals surface area contributed by atoms with Crippen LogP contribution in [0, 0.1) is 76.9 Å². The SMILES string of the molecule is CC1C2CC(C(=O)OC(C)(C)C3CC4CCC3C4)C(C2)C1C.CC1C2CC(CC(O)(C(F)(F)F)C(F)(F)F)C(C2)C1C.[I-].[V]. The Morgan fingerprint density at radius 3 is 1.66 bits per heavy atom. The van der Waals surface area contributed by atoms with Crippen LogP contribution >= 0.6 is 0 Å². The monoisotopic (exact) mass is 786 g/mol. The summed E-state index contributed by atoms with van der Waals surface area (Å²) in [7, 11) is 0. The largest absolute Gasteiger partial charge is 1.00 e. The molecule has 6 saturated carbocycles. The van der Waals surface area contributed by atoms with Gasteiger partial charge in [-0.25, -0.2) is 0 Å². The maximum Gasteiger partial charge on any atom is 0.426 e. The zero-order valence-corrected chi connectivity index (χ0v) is 30.3. The van der Waals surface area contributed by atoms with Gasteiger partial charge in [0.2, 0.25) is 0 Å². The Morgan fingerprint density at radius 1 is 0.727 bits per heavy atom. The average Bonchev–Trinajstić information content (AvgIpc) is 3.71. The summed E-state index contributed by atoms with van der Waals surface area (Å²) in [6, 6.07) is 0. The third kappa shape index (κ3) is 6.77. The van der Waals surface area contributed by atoms with E-state index in [1.165, 1.54) is 32.1 Å². The number of rotatable bonds is 5. The Morgan fingerprint density at radius 2 is 1.25 bits per heavy atom. The van der Waals surface area contributed by atoms with Crippen LogP contribution in [0.15, 0.2) is 0 Å². The zero-order valence-electron chi connectivity index (χ0n) is 26.7. The third-order valence-electron chi connectivity index (χ3n) is 13.7. The predicted octanol–water partition coefficient (Wildman–Crippen LogP) is 5.83. The van der Waals surface area contributed by atoms with Crippen molar-refractivity contribution >= 4 is 5.97 Å². The van der Waals surface area contributed by atoms with Gasteiger partial charge in [-0.3, -0.25) is 4.79 Å². The predicted molar refractivity (Wildman–Crippen MR) is 147 cm³/mol. The number of hydrogen-bond acceptors (Lipinski definition) is 3. The topological polar surface area (TPSA) is 46.5 Å². The summed E-state index contributed by atoms with van der Waals surface area (Å²) in [6.45, 7) is 12.9. The van der Waals surface area contributed by atoms with Crippen LogP contribution in [-0.2, 0) is 28.1 Å². The minimum absolute atomic E-state index is 0. The molecule has 0 aliphatic heterocycles. The van der Waals surface area contributed by atoms with E-state index < -0.39 is 30.3 Å². The van der Waals surface area contributed by atoms with Crippen LogP contribution in [0.4, 0.5) is 26.3 Å². The smallest absolute Gasteiger partial charge is 0.426 e. The average molecular weight is 787 g/mol. The molecule has 0 aromatic carbocycles. The number of ether oxygens (including phenoxy) is 1. The molecule has 0 aromatic rings. The first-order valence-electron chi connectivity index (χ1n) is 16.3. The number of aliphatic hydroxyl groups is 1. The molecule has 6 aliphatic carbocycles. The van der Waals surface area contributed by atoms with Gasteiger partial charge >= 0.3 is 18.3 Å². The van der Waals surface area contributed by atoms with Gasteiger partial charge in [0.25, 0.3) is 5.60 Å². The van der Waals surface area contributed by atoms with Gasteiger partial charge in [-0.15, -0.1) is 0 Å². The molecule has 13 unspecified atom stereocenters. The fourth-order valence-electron chi connectivity index (χ4n) is 10.8. The van der Waals surface area contributed by atoms with Crippen LogP contribution < -0.4 is 24.0 Å². The third-order valence-corrected chi connectivity index (χ3v) is 13.7. The van der Waals surface area contributed by atoms with Crippen molar-refractivity contribution in [2.45, 2.75) is 123 Å². The van der Waals surface area contributed by atoms with E-state index >= 15 is 0 Å². The molecule has 3 nitrogen and oxygen atoms in total. The van der Waals surface area contributed by atoms with E-state index in [1.807, 2.05) is 13.8 Å². The van der Waals surface area contributed by atoms with Crippen molar-refractivity contribution in [3.8, 4) is 0 Å². The molecule has 13 atom stereocenters. The molecule has 1 N–H and O–H groups in total. The van der Waals surface area contributed by atoms with E-state index in [2.05, 4.69) is 27.7 Å². The van der Waals surface area contributed by atoms with Crippen molar-refractivity contribution in [3.63, 3.8) is 0 Å². The van der Waals surface area contributed by atoms with Gasteiger partial charge in [-0.2, -0.15) is 26.3 Å². The van der Waals surface area contributed by atoms with Gasteiger partial charge in [0.05, 0.1) is 5.92 Å². The van der Waals surface area contributed by atoms with Crippen molar-refractivity contribution in [2.75, 3.05) is 0 Å². The summed E-state index contributed by atoms with van der Waals surface area (Å²) in [5, 5.41) is 9.28. The number of esters is 1. The summed E-state index contributed by atoms with van der Waals surface area (Å²) in [6.07, 6.45) is -3.83. The first-order chi connectivity index (χ1) is 19.2. The molecular weight excluding hydrogens is 736 g/mol. The summed E-state index contributed by atoms with van der Waals surface area (Å²) in [5.41, 5.74) is -4.84. The summed E-state index contributed by atoms with van der Waals surface area (Å²) < 4.78 is 82.4. The second kappa shape index (κ2) is 13.3. The molecule has 0 amide bonds. The molecule has 0 spiro atoms. The minimum atomic E-state index is -5.69. The number of fused-ring (bicyclic) bond motifs is 6. The van der Waals surface area contributed by atoms with E-state index in [0.717, 1.165) is 30.1 Å². The Bertz CT molecular complexity index is 1000. The number of carbonyl (C=O) groups is 1. The van der Waals surface area contributed by atoms with Crippen LogP contribution in [0.3, 0.4) is 0 Å². The van der Waals surface area contributed by atoms with Crippen molar-refractivity contribution < 1.29 is 83.5 Å². The Labute approximate surface area is 288 Å². The maximum atomic E-state index is 12.8. The molecule has 6 aliphatic rings. The second-order valence-corrected chi connectivity index (χ2v) is 16.0. The van der Waals surface area contributed by atoms with Gasteiger partial charge < -0.3 is 33.8 Å². The Balaban J connectivity index is 0.000000231. The molecule has 0 heterocycles. The zero-order chi connectivity index (χ0) is 31.2. The molecule has 0 aromatic heterocycles. The molecule has 0 saturated heterocycles. The van der Waals surface area contributed by atoms with Gasteiger partial charge in [0.15, 0.2) is 0 Å². The normalized spacial score (nSPS) is 42.4. The number of alkyl halides is 6. The summed E-state index contributed by atoms with van der Waals surface area (Å²) in [5.74, 6) is 5.27. The van der Waals surface area contributed by atoms with E-state index in [1.54, 1.807) is 0 Å². The van der Waals surface area contributed by atoms with E-state index in [0.29, 0.717) is 36.5 Å². The molecule has 255 valence electrons. The first kappa shape index (κ1) is 38.8. The molecule has 1 radical (unpaired) electrons. The van der Waals surface area contributed by atoms with E-state index in [4.69, 9.17) is 4.74 Å². The minimum Gasteiger partial charge on any atom is -1.00 e. The number of carbonyl (C=O) groups excluding carboxylic acids is 1.